The highest BCUT2D eigenvalue weighted by Crippen LogP contribution is 2.35. The summed E-state index contributed by atoms with van der Waals surface area (Å²) in [4.78, 5) is 1.97. The van der Waals surface area contributed by atoms with Crippen molar-refractivity contribution < 1.29 is 13.2 Å². The first-order chi connectivity index (χ1) is 6.32. The molecule has 1 aliphatic heterocycles. The molecule has 0 radical (unpaired) electrons. The lowest BCUT2D eigenvalue weighted by Crippen LogP contribution is -2.29. The Kier molecular flexibility index (Phi) is 3.24. The van der Waals surface area contributed by atoms with Gasteiger partial charge >= 0.3 is 6.18 Å². The Morgan fingerprint density at radius 3 is 2.43 bits per heavy atom. The van der Waals surface area contributed by atoms with E-state index in [4.69, 9.17) is 0 Å². The molecule has 0 N–H and O–H groups in total. The zero-order chi connectivity index (χ0) is 10.9. The van der Waals surface area contributed by atoms with E-state index in [1.807, 2.05) is 18.9 Å². The second-order valence-corrected chi connectivity index (χ2v) is 4.04. The highest BCUT2D eigenvalue weighted by atomic mass is 19.4. The van der Waals surface area contributed by atoms with Gasteiger partial charge in [-0.05, 0) is 33.7 Å². The summed E-state index contributed by atoms with van der Waals surface area (Å²) >= 11 is 0. The van der Waals surface area contributed by atoms with Crippen LogP contribution in [0.1, 0.15) is 26.7 Å². The van der Waals surface area contributed by atoms with Gasteiger partial charge in [0.05, 0.1) is 0 Å². The van der Waals surface area contributed by atoms with Crippen LogP contribution in [0, 0.1) is 0 Å². The van der Waals surface area contributed by atoms with Crippen LogP contribution in [-0.2, 0) is 0 Å². The number of hydrogen-bond donors (Lipinski definition) is 0. The van der Waals surface area contributed by atoms with Crippen LogP contribution < -0.4 is 0 Å². The van der Waals surface area contributed by atoms with Gasteiger partial charge in [-0.3, -0.25) is 0 Å². The van der Waals surface area contributed by atoms with E-state index in [1.54, 1.807) is 6.92 Å². The fourth-order valence-electron chi connectivity index (χ4n) is 1.70. The van der Waals surface area contributed by atoms with Crippen LogP contribution in [0.5, 0.6) is 0 Å². The molecule has 0 fully saturated rings. The third kappa shape index (κ3) is 2.50. The van der Waals surface area contributed by atoms with Gasteiger partial charge in [0.1, 0.15) is 0 Å². The summed E-state index contributed by atoms with van der Waals surface area (Å²) < 4.78 is 37.8. The topological polar surface area (TPSA) is 3.24 Å². The molecule has 0 spiro atoms. The summed E-state index contributed by atoms with van der Waals surface area (Å²) in [6.07, 6.45) is -3.51. The summed E-state index contributed by atoms with van der Waals surface area (Å²) in [7, 11) is 1.87. The van der Waals surface area contributed by atoms with Gasteiger partial charge in [-0.15, -0.1) is 0 Å². The molecule has 0 aromatic carbocycles. The Balaban J connectivity index is 2.91. The number of alkyl halides is 3. The Morgan fingerprint density at radius 1 is 1.36 bits per heavy atom. The first-order valence-corrected chi connectivity index (χ1v) is 4.78. The lowest BCUT2D eigenvalue weighted by molar-refractivity contribution is -0.0958. The number of rotatable bonds is 0. The summed E-state index contributed by atoms with van der Waals surface area (Å²) in [5.41, 5.74) is 0.169. The molecule has 4 heteroatoms. The van der Waals surface area contributed by atoms with E-state index in [0.29, 0.717) is 18.5 Å². The molecular weight excluding hydrogens is 191 g/mol. The number of halogens is 3. The Morgan fingerprint density at radius 2 is 1.93 bits per heavy atom. The molecule has 82 valence electrons. The first-order valence-electron chi connectivity index (χ1n) is 4.78. The van der Waals surface area contributed by atoms with Gasteiger partial charge in [0.2, 0.25) is 0 Å². The standard InChI is InChI=1S/C10H16F3N/c1-7-4-5-14(3)8(2)6-9(7)10(11,12)13/h8H,4-6H2,1-3H3. The summed E-state index contributed by atoms with van der Waals surface area (Å²) in [5.74, 6) is 0. The molecule has 14 heavy (non-hydrogen) atoms. The second-order valence-electron chi connectivity index (χ2n) is 4.04. The predicted octanol–water partition coefficient (Wildman–Crippen LogP) is 2.98. The molecule has 0 saturated carbocycles. The molecule has 0 saturated heterocycles. The zero-order valence-corrected chi connectivity index (χ0v) is 8.78. The molecule has 0 aromatic heterocycles. The maximum absolute atomic E-state index is 12.6. The smallest absolute Gasteiger partial charge is 0.303 e. The van der Waals surface area contributed by atoms with Crippen molar-refractivity contribution in [3.05, 3.63) is 11.1 Å². The molecule has 1 atom stereocenters. The average Bonchev–Trinajstić information content (AvgIpc) is 2.17. The van der Waals surface area contributed by atoms with Crippen molar-refractivity contribution in [1.29, 1.82) is 0 Å². The van der Waals surface area contributed by atoms with E-state index >= 15 is 0 Å². The fourth-order valence-corrected chi connectivity index (χ4v) is 1.70. The minimum Gasteiger partial charge on any atom is -0.303 e. The highest BCUT2D eigenvalue weighted by molar-refractivity contribution is 5.20. The van der Waals surface area contributed by atoms with Crippen molar-refractivity contribution in [2.24, 2.45) is 0 Å². The Bertz CT molecular complexity index is 242. The number of nitrogens with zero attached hydrogens (tertiary/aromatic N) is 1. The lowest BCUT2D eigenvalue weighted by atomic mass is 10.0. The second kappa shape index (κ2) is 3.93. The largest absolute Gasteiger partial charge is 0.412 e. The van der Waals surface area contributed by atoms with E-state index in [2.05, 4.69) is 0 Å². The van der Waals surface area contributed by atoms with Gasteiger partial charge in [0, 0.05) is 18.2 Å². The molecular formula is C10H16F3N. The monoisotopic (exact) mass is 207 g/mol. The summed E-state index contributed by atoms with van der Waals surface area (Å²) in [5, 5.41) is 0. The molecule has 0 aliphatic carbocycles. The van der Waals surface area contributed by atoms with Crippen molar-refractivity contribution in [3.63, 3.8) is 0 Å². The van der Waals surface area contributed by atoms with Crippen molar-refractivity contribution in [3.8, 4) is 0 Å². The van der Waals surface area contributed by atoms with Gasteiger partial charge in [-0.2, -0.15) is 13.2 Å². The van der Waals surface area contributed by atoms with Gasteiger partial charge in [0.15, 0.2) is 0 Å². The van der Waals surface area contributed by atoms with Crippen LogP contribution in [0.3, 0.4) is 0 Å². The molecule has 1 rings (SSSR count). The SMILES string of the molecule is CC1=C(C(F)(F)F)CC(C)N(C)CC1. The van der Waals surface area contributed by atoms with Crippen LogP contribution >= 0.6 is 0 Å². The normalized spacial score (nSPS) is 26.6. The number of hydrogen-bond acceptors (Lipinski definition) is 1. The van der Waals surface area contributed by atoms with Crippen LogP contribution in [0.25, 0.3) is 0 Å². The molecule has 1 heterocycles. The quantitative estimate of drug-likeness (QED) is 0.552. The van der Waals surface area contributed by atoms with Crippen LogP contribution in [-0.4, -0.2) is 30.7 Å². The predicted molar refractivity (Wildman–Crippen MR) is 50.1 cm³/mol. The maximum atomic E-state index is 12.6. The van der Waals surface area contributed by atoms with Gasteiger partial charge < -0.3 is 4.90 Å². The van der Waals surface area contributed by atoms with E-state index in [-0.39, 0.29) is 18.0 Å². The van der Waals surface area contributed by atoms with Crippen LogP contribution in [0.15, 0.2) is 11.1 Å². The molecule has 1 unspecified atom stereocenters. The van der Waals surface area contributed by atoms with Crippen molar-refractivity contribution in [2.45, 2.75) is 38.9 Å². The van der Waals surface area contributed by atoms with Crippen molar-refractivity contribution in [1.82, 2.24) is 4.90 Å². The molecule has 0 aromatic rings. The first kappa shape index (κ1) is 11.6. The minimum absolute atomic E-state index is 0.0240. The summed E-state index contributed by atoms with van der Waals surface area (Å²) in [6.45, 7) is 4.14. The third-order valence-corrected chi connectivity index (χ3v) is 2.95. The van der Waals surface area contributed by atoms with E-state index in [0.717, 1.165) is 0 Å². The third-order valence-electron chi connectivity index (χ3n) is 2.95. The van der Waals surface area contributed by atoms with Crippen molar-refractivity contribution in [2.75, 3.05) is 13.6 Å². The average molecular weight is 207 g/mol. The lowest BCUT2D eigenvalue weighted by Gasteiger charge is -2.22. The Labute approximate surface area is 82.6 Å². The molecule has 1 nitrogen and oxygen atoms in total. The van der Waals surface area contributed by atoms with E-state index in [1.165, 1.54) is 0 Å². The fraction of sp³-hybridized carbons (Fsp3) is 0.800. The van der Waals surface area contributed by atoms with Crippen molar-refractivity contribution >= 4 is 0 Å². The minimum atomic E-state index is -4.15. The molecule has 0 bridgehead atoms. The Hall–Kier alpha value is -0.510. The molecule has 0 amide bonds. The zero-order valence-electron chi connectivity index (χ0n) is 8.78. The molecule has 1 aliphatic rings. The van der Waals surface area contributed by atoms with Crippen LogP contribution in [0.2, 0.25) is 0 Å². The highest BCUT2D eigenvalue weighted by Gasteiger charge is 2.37. The van der Waals surface area contributed by atoms with Gasteiger partial charge in [-0.1, -0.05) is 5.57 Å². The summed E-state index contributed by atoms with van der Waals surface area (Å²) in [6, 6.07) is -0.0240. The van der Waals surface area contributed by atoms with Gasteiger partial charge in [0.25, 0.3) is 0 Å². The van der Waals surface area contributed by atoms with Crippen LogP contribution in [0.4, 0.5) is 13.2 Å². The van der Waals surface area contributed by atoms with Gasteiger partial charge in [-0.25, -0.2) is 0 Å². The maximum Gasteiger partial charge on any atom is 0.412 e. The van der Waals surface area contributed by atoms with E-state index < -0.39 is 6.18 Å². The van der Waals surface area contributed by atoms with E-state index in [9.17, 15) is 13.2 Å².